The van der Waals surface area contributed by atoms with E-state index in [1.54, 1.807) is 47.7 Å². The van der Waals surface area contributed by atoms with Crippen LogP contribution in [0.2, 0.25) is 0 Å². The Balaban J connectivity index is 1.75. The van der Waals surface area contributed by atoms with E-state index in [-0.39, 0.29) is 5.82 Å². The Bertz CT molecular complexity index is 1750. The van der Waals surface area contributed by atoms with Gasteiger partial charge in [0.1, 0.15) is 12.9 Å². The molecule has 0 radical (unpaired) electrons. The molecule has 5 rings (SSSR count). The Morgan fingerprint density at radius 3 is 1.85 bits per heavy atom. The van der Waals surface area contributed by atoms with Crippen LogP contribution in [0.4, 0.5) is 4.39 Å². The molecule has 6 nitrogen and oxygen atoms in total. The Labute approximate surface area is 239 Å². The fourth-order valence-corrected chi connectivity index (χ4v) is 5.37. The van der Waals surface area contributed by atoms with Crippen molar-refractivity contribution in [1.82, 2.24) is 0 Å². The summed E-state index contributed by atoms with van der Waals surface area (Å²) in [6.07, 6.45) is 0. The van der Waals surface area contributed by atoms with Gasteiger partial charge in [-0.25, -0.2) is 4.39 Å². The number of fused-ring (bicyclic) bond motifs is 1. The molecule has 1 heterocycles. The summed E-state index contributed by atoms with van der Waals surface area (Å²) in [5, 5.41) is 1.88. The van der Waals surface area contributed by atoms with E-state index < -0.39 is 0 Å². The number of hydrogen-bond donors (Lipinski definition) is 0. The Kier molecular flexibility index (Phi) is 7.70. The van der Waals surface area contributed by atoms with Crippen molar-refractivity contribution in [2.24, 2.45) is 7.05 Å². The normalized spacial score (nSPS) is 10.9. The van der Waals surface area contributed by atoms with Gasteiger partial charge in [-0.3, -0.25) is 0 Å². The summed E-state index contributed by atoms with van der Waals surface area (Å²) in [6.45, 7) is 2.05. The molecule has 41 heavy (non-hydrogen) atoms. The third kappa shape index (κ3) is 4.88. The highest BCUT2D eigenvalue weighted by molar-refractivity contribution is 5.96. The van der Waals surface area contributed by atoms with Crippen molar-refractivity contribution in [3.63, 3.8) is 0 Å². The van der Waals surface area contributed by atoms with E-state index in [4.69, 9.17) is 23.7 Å². The minimum absolute atomic E-state index is 0.267. The van der Waals surface area contributed by atoms with Crippen molar-refractivity contribution in [3.05, 3.63) is 84.3 Å². The quantitative estimate of drug-likeness (QED) is 0.191. The molecule has 210 valence electrons. The monoisotopic (exact) mass is 554 g/mol. The van der Waals surface area contributed by atoms with E-state index in [2.05, 4.69) is 22.8 Å². The third-order valence-corrected chi connectivity index (χ3v) is 7.50. The molecule has 0 bridgehead atoms. The third-order valence-electron chi connectivity index (χ3n) is 7.50. The summed E-state index contributed by atoms with van der Waals surface area (Å²) < 4.78 is 44.4. The number of ether oxygens (including phenoxy) is 5. The van der Waals surface area contributed by atoms with Gasteiger partial charge in [-0.2, -0.15) is 4.57 Å². The lowest BCUT2D eigenvalue weighted by molar-refractivity contribution is -0.665. The molecule has 0 N–H and O–H groups in total. The second kappa shape index (κ2) is 11.4. The first kappa shape index (κ1) is 27.8. The number of halogens is 1. The van der Waals surface area contributed by atoms with Crippen LogP contribution in [0.1, 0.15) is 5.69 Å². The van der Waals surface area contributed by atoms with Crippen LogP contribution in [0.3, 0.4) is 0 Å². The van der Waals surface area contributed by atoms with Gasteiger partial charge in [0.2, 0.25) is 11.4 Å². The van der Waals surface area contributed by atoms with Crippen molar-refractivity contribution in [3.8, 4) is 62.3 Å². The molecule has 0 saturated carbocycles. The molecule has 0 atom stereocenters. The van der Waals surface area contributed by atoms with Crippen molar-refractivity contribution < 1.29 is 32.6 Å². The number of nitrogens with zero attached hydrogens (tertiary/aromatic N) is 1. The van der Waals surface area contributed by atoms with Crippen molar-refractivity contribution in [2.75, 3.05) is 35.5 Å². The maximum Gasteiger partial charge on any atom is 0.213 e. The minimum atomic E-state index is -0.267. The number of rotatable bonds is 8. The molecule has 0 saturated heterocycles. The molecule has 0 unspecified atom stereocenters. The Morgan fingerprint density at radius 1 is 0.585 bits per heavy atom. The summed E-state index contributed by atoms with van der Waals surface area (Å²) >= 11 is 0. The van der Waals surface area contributed by atoms with Gasteiger partial charge in [-0.1, -0.05) is 30.3 Å². The van der Waals surface area contributed by atoms with E-state index in [9.17, 15) is 4.39 Å². The number of aromatic nitrogens is 1. The average Bonchev–Trinajstić information content (AvgIpc) is 3.01. The highest BCUT2D eigenvalue weighted by Crippen LogP contribution is 2.46. The van der Waals surface area contributed by atoms with Crippen LogP contribution in [0, 0.1) is 12.7 Å². The number of hydrogen-bond acceptors (Lipinski definition) is 5. The van der Waals surface area contributed by atoms with Crippen LogP contribution in [0.5, 0.6) is 28.7 Å². The highest BCUT2D eigenvalue weighted by atomic mass is 19.1. The fourth-order valence-electron chi connectivity index (χ4n) is 5.37. The molecule has 0 spiro atoms. The number of benzene rings is 4. The Morgan fingerprint density at radius 2 is 1.22 bits per heavy atom. The van der Waals surface area contributed by atoms with Gasteiger partial charge < -0.3 is 23.7 Å². The molecular weight excluding hydrogens is 521 g/mol. The van der Waals surface area contributed by atoms with Crippen LogP contribution in [-0.2, 0) is 7.05 Å². The van der Waals surface area contributed by atoms with E-state index in [0.29, 0.717) is 28.7 Å². The molecule has 0 aliphatic rings. The first-order valence-electron chi connectivity index (χ1n) is 13.1. The number of pyridine rings is 1. The van der Waals surface area contributed by atoms with E-state index in [1.165, 1.54) is 12.1 Å². The lowest BCUT2D eigenvalue weighted by Gasteiger charge is -2.18. The van der Waals surface area contributed by atoms with E-state index in [0.717, 1.165) is 50.0 Å². The lowest BCUT2D eigenvalue weighted by Crippen LogP contribution is -2.35. The molecule has 0 aliphatic heterocycles. The first-order valence-corrected chi connectivity index (χ1v) is 13.1. The zero-order valence-corrected chi connectivity index (χ0v) is 24.3. The van der Waals surface area contributed by atoms with Crippen molar-refractivity contribution >= 4 is 10.8 Å². The first-order chi connectivity index (χ1) is 19.8. The van der Waals surface area contributed by atoms with E-state index in [1.807, 2.05) is 44.3 Å². The van der Waals surface area contributed by atoms with Crippen LogP contribution in [0.15, 0.2) is 72.8 Å². The largest absolute Gasteiger partial charge is 0.493 e. The smallest absolute Gasteiger partial charge is 0.213 e. The van der Waals surface area contributed by atoms with Crippen LogP contribution in [0.25, 0.3) is 44.3 Å². The second-order valence-corrected chi connectivity index (χ2v) is 9.63. The van der Waals surface area contributed by atoms with Crippen LogP contribution in [-0.4, -0.2) is 35.5 Å². The molecular formula is C34H33FNO5+. The zero-order valence-electron chi connectivity index (χ0n) is 24.3. The molecule has 0 fully saturated rings. The van der Waals surface area contributed by atoms with E-state index >= 15 is 0 Å². The molecule has 0 amide bonds. The lowest BCUT2D eigenvalue weighted by atomic mass is 9.95. The fraction of sp³-hybridized carbons (Fsp3) is 0.206. The SMILES string of the molecule is COc1cc(-c2cc3cc(OC)c(OC)c(OC)c3c(C)[n+]2C)cc(-c2cccc(-c3ccc(F)cc3)c2)c1OC. The maximum atomic E-state index is 13.6. The average molecular weight is 555 g/mol. The summed E-state index contributed by atoms with van der Waals surface area (Å²) in [7, 11) is 10.1. The molecule has 5 aromatic rings. The number of aryl methyl sites for hydroxylation is 1. The van der Waals surface area contributed by atoms with Gasteiger partial charge in [0.15, 0.2) is 28.7 Å². The standard InChI is InChI=1S/C34H33FNO5/c1-20-31-25(19-30(38-4)33(40-6)34(31)41-7)17-28(36(20)2)24-16-27(32(39-5)29(18-24)37-3)23-10-8-9-22(15-23)21-11-13-26(35)14-12-21/h8-19H,1-7H3/q+1. The van der Waals surface area contributed by atoms with Crippen LogP contribution < -0.4 is 28.3 Å². The molecule has 0 aliphatic carbocycles. The maximum absolute atomic E-state index is 13.6. The Hall–Kier alpha value is -4.78. The second-order valence-electron chi connectivity index (χ2n) is 9.63. The zero-order chi connectivity index (χ0) is 29.3. The summed E-state index contributed by atoms with van der Waals surface area (Å²) in [4.78, 5) is 0. The molecule has 1 aromatic heterocycles. The van der Waals surface area contributed by atoms with Gasteiger partial charge in [-0.05, 0) is 53.1 Å². The van der Waals surface area contributed by atoms with Crippen LogP contribution >= 0.6 is 0 Å². The summed E-state index contributed by atoms with van der Waals surface area (Å²) in [5.74, 6) is 2.72. The predicted octanol–water partition coefficient (Wildman–Crippen LogP) is 7.16. The predicted molar refractivity (Wildman–Crippen MR) is 159 cm³/mol. The van der Waals surface area contributed by atoms with Crippen molar-refractivity contribution in [1.29, 1.82) is 0 Å². The highest BCUT2D eigenvalue weighted by Gasteiger charge is 2.26. The van der Waals surface area contributed by atoms with Gasteiger partial charge >= 0.3 is 0 Å². The summed E-state index contributed by atoms with van der Waals surface area (Å²) in [6, 6.07) is 22.7. The minimum Gasteiger partial charge on any atom is -0.493 e. The molecule has 7 heteroatoms. The number of methoxy groups -OCH3 is 5. The molecule has 4 aromatic carbocycles. The van der Waals surface area contributed by atoms with Gasteiger partial charge in [-0.15, -0.1) is 0 Å². The van der Waals surface area contributed by atoms with Gasteiger partial charge in [0.05, 0.1) is 46.5 Å². The topological polar surface area (TPSA) is 50.0 Å². The van der Waals surface area contributed by atoms with Crippen molar-refractivity contribution in [2.45, 2.75) is 6.92 Å². The van der Waals surface area contributed by atoms with Gasteiger partial charge in [0, 0.05) is 23.9 Å². The summed E-state index contributed by atoms with van der Waals surface area (Å²) in [5.41, 5.74) is 6.59. The van der Waals surface area contributed by atoms with Gasteiger partial charge in [0.25, 0.3) is 0 Å².